The molecule has 1 saturated carbocycles. The summed E-state index contributed by atoms with van der Waals surface area (Å²) in [6.45, 7) is 6.48. The molecular formula is C19H32IN3OS. The highest BCUT2D eigenvalue weighted by molar-refractivity contribution is 14.0. The fourth-order valence-electron chi connectivity index (χ4n) is 3.09. The first-order valence-electron chi connectivity index (χ1n) is 9.05. The highest BCUT2D eigenvalue weighted by Gasteiger charge is 2.24. The van der Waals surface area contributed by atoms with Crippen molar-refractivity contribution >= 4 is 41.7 Å². The number of hydrogen-bond acceptors (Lipinski definition) is 3. The number of hydrogen-bond donors (Lipinski definition) is 2. The monoisotopic (exact) mass is 477 g/mol. The maximum absolute atomic E-state index is 5.69. The van der Waals surface area contributed by atoms with Gasteiger partial charge in [-0.15, -0.1) is 24.0 Å². The zero-order chi connectivity index (χ0) is 17.2. The highest BCUT2D eigenvalue weighted by atomic mass is 127. The van der Waals surface area contributed by atoms with Gasteiger partial charge in [0.1, 0.15) is 5.75 Å². The van der Waals surface area contributed by atoms with Crippen LogP contribution in [0.5, 0.6) is 5.75 Å². The molecule has 0 bridgehead atoms. The Bertz CT molecular complexity index is 527. The SMILES string of the molecule is CCNC(=NCCc1ccccc1OCC)NC1CCC(SC)C1.I. The van der Waals surface area contributed by atoms with Crippen LogP contribution in [0.1, 0.15) is 38.7 Å². The Balaban J connectivity index is 0.00000312. The molecule has 0 spiro atoms. The Hall–Kier alpha value is -0.630. The van der Waals surface area contributed by atoms with Gasteiger partial charge in [0.25, 0.3) is 0 Å². The van der Waals surface area contributed by atoms with E-state index in [1.165, 1.54) is 24.8 Å². The minimum Gasteiger partial charge on any atom is -0.494 e. The van der Waals surface area contributed by atoms with Crippen molar-refractivity contribution in [2.75, 3.05) is 26.0 Å². The molecule has 2 N–H and O–H groups in total. The van der Waals surface area contributed by atoms with Gasteiger partial charge in [-0.3, -0.25) is 4.99 Å². The third-order valence-electron chi connectivity index (χ3n) is 4.33. The van der Waals surface area contributed by atoms with Crippen molar-refractivity contribution in [2.24, 2.45) is 4.99 Å². The van der Waals surface area contributed by atoms with Crippen molar-refractivity contribution in [3.05, 3.63) is 29.8 Å². The van der Waals surface area contributed by atoms with Crippen molar-refractivity contribution in [1.29, 1.82) is 0 Å². The summed E-state index contributed by atoms with van der Waals surface area (Å²) in [6, 6.07) is 8.79. The van der Waals surface area contributed by atoms with E-state index in [2.05, 4.69) is 35.9 Å². The fourth-order valence-corrected chi connectivity index (χ4v) is 3.89. The molecule has 1 fully saturated rings. The number of halogens is 1. The maximum atomic E-state index is 5.69. The van der Waals surface area contributed by atoms with Crippen LogP contribution in [-0.2, 0) is 6.42 Å². The molecule has 2 atom stereocenters. The first-order chi connectivity index (χ1) is 11.8. The van der Waals surface area contributed by atoms with Crippen LogP contribution in [-0.4, -0.2) is 43.2 Å². The molecule has 1 aromatic rings. The van der Waals surface area contributed by atoms with E-state index in [1.807, 2.05) is 30.8 Å². The number of benzene rings is 1. The molecule has 1 aliphatic rings. The van der Waals surface area contributed by atoms with Crippen LogP contribution in [0.4, 0.5) is 0 Å². The van der Waals surface area contributed by atoms with Gasteiger partial charge in [0.15, 0.2) is 5.96 Å². The lowest BCUT2D eigenvalue weighted by Crippen LogP contribution is -2.42. The maximum Gasteiger partial charge on any atom is 0.191 e. The molecule has 25 heavy (non-hydrogen) atoms. The average Bonchev–Trinajstić information content (AvgIpc) is 3.04. The number of nitrogens with one attached hydrogen (secondary N) is 2. The topological polar surface area (TPSA) is 45.7 Å². The lowest BCUT2D eigenvalue weighted by Gasteiger charge is -2.17. The van der Waals surface area contributed by atoms with Gasteiger partial charge in [-0.2, -0.15) is 11.8 Å². The second kappa shape index (κ2) is 12.7. The number of guanidine groups is 1. The molecule has 142 valence electrons. The minimum absolute atomic E-state index is 0. The van der Waals surface area contributed by atoms with E-state index >= 15 is 0 Å². The third kappa shape index (κ3) is 7.64. The summed E-state index contributed by atoms with van der Waals surface area (Å²) in [5.74, 6) is 1.92. The number of aliphatic imine (C=N–C) groups is 1. The van der Waals surface area contributed by atoms with Gasteiger partial charge in [0.05, 0.1) is 6.61 Å². The van der Waals surface area contributed by atoms with E-state index in [9.17, 15) is 0 Å². The molecule has 0 saturated heterocycles. The number of thioether (sulfide) groups is 1. The standard InChI is InChI=1S/C19H31N3OS.HI/c1-4-20-19(22-16-10-11-17(14-16)24-3)21-13-12-15-8-6-7-9-18(15)23-5-2;/h6-9,16-17H,4-5,10-14H2,1-3H3,(H2,20,21,22);1H. The molecule has 0 amide bonds. The van der Waals surface area contributed by atoms with E-state index in [-0.39, 0.29) is 24.0 Å². The molecule has 0 heterocycles. The number of ether oxygens (including phenoxy) is 1. The van der Waals surface area contributed by atoms with Gasteiger partial charge in [-0.1, -0.05) is 18.2 Å². The molecule has 4 nitrogen and oxygen atoms in total. The summed E-state index contributed by atoms with van der Waals surface area (Å²) < 4.78 is 5.69. The zero-order valence-corrected chi connectivity index (χ0v) is 18.7. The van der Waals surface area contributed by atoms with Crippen LogP contribution in [0.25, 0.3) is 0 Å². The largest absolute Gasteiger partial charge is 0.494 e. The van der Waals surface area contributed by atoms with Crippen molar-refractivity contribution in [3.63, 3.8) is 0 Å². The van der Waals surface area contributed by atoms with Crippen LogP contribution >= 0.6 is 35.7 Å². The van der Waals surface area contributed by atoms with Gasteiger partial charge in [0.2, 0.25) is 0 Å². The first kappa shape index (κ1) is 22.4. The fraction of sp³-hybridized carbons (Fsp3) is 0.632. The highest BCUT2D eigenvalue weighted by Crippen LogP contribution is 2.28. The van der Waals surface area contributed by atoms with Crippen LogP contribution in [0.3, 0.4) is 0 Å². The lowest BCUT2D eigenvalue weighted by molar-refractivity contribution is 0.336. The van der Waals surface area contributed by atoms with E-state index in [0.717, 1.165) is 36.5 Å². The molecule has 1 aromatic carbocycles. The molecule has 6 heteroatoms. The van der Waals surface area contributed by atoms with Crippen LogP contribution < -0.4 is 15.4 Å². The first-order valence-corrected chi connectivity index (χ1v) is 10.3. The Morgan fingerprint density at radius 1 is 1.28 bits per heavy atom. The van der Waals surface area contributed by atoms with Crippen molar-refractivity contribution in [3.8, 4) is 5.75 Å². The number of para-hydroxylation sites is 1. The molecule has 0 aliphatic heterocycles. The smallest absolute Gasteiger partial charge is 0.191 e. The number of nitrogens with zero attached hydrogens (tertiary/aromatic N) is 1. The Morgan fingerprint density at radius 2 is 2.08 bits per heavy atom. The van der Waals surface area contributed by atoms with Gasteiger partial charge < -0.3 is 15.4 Å². The van der Waals surface area contributed by atoms with E-state index in [1.54, 1.807) is 0 Å². The normalized spacial score (nSPS) is 20.0. The van der Waals surface area contributed by atoms with E-state index in [0.29, 0.717) is 12.6 Å². The molecule has 2 unspecified atom stereocenters. The summed E-state index contributed by atoms with van der Waals surface area (Å²) in [6.07, 6.45) is 6.88. The molecule has 1 aliphatic carbocycles. The van der Waals surface area contributed by atoms with Gasteiger partial charge >= 0.3 is 0 Å². The van der Waals surface area contributed by atoms with Crippen LogP contribution in [0.2, 0.25) is 0 Å². The van der Waals surface area contributed by atoms with Crippen LogP contribution in [0.15, 0.2) is 29.3 Å². The van der Waals surface area contributed by atoms with E-state index < -0.39 is 0 Å². The molecular weight excluding hydrogens is 445 g/mol. The van der Waals surface area contributed by atoms with Gasteiger partial charge in [0, 0.05) is 24.4 Å². The second-order valence-corrected chi connectivity index (χ2v) is 7.20. The van der Waals surface area contributed by atoms with E-state index in [4.69, 9.17) is 9.73 Å². The molecule has 0 aromatic heterocycles. The summed E-state index contributed by atoms with van der Waals surface area (Å²) >= 11 is 1.98. The third-order valence-corrected chi connectivity index (χ3v) is 5.42. The van der Waals surface area contributed by atoms with Crippen molar-refractivity contribution in [1.82, 2.24) is 10.6 Å². The Kier molecular flexibility index (Phi) is 11.4. The summed E-state index contributed by atoms with van der Waals surface area (Å²) in [5, 5.41) is 7.77. The minimum atomic E-state index is 0. The predicted octanol–water partition coefficient (Wildman–Crippen LogP) is 4.09. The molecule has 0 radical (unpaired) electrons. The summed E-state index contributed by atoms with van der Waals surface area (Å²) in [5.41, 5.74) is 1.22. The summed E-state index contributed by atoms with van der Waals surface area (Å²) in [7, 11) is 0. The Morgan fingerprint density at radius 3 is 2.76 bits per heavy atom. The van der Waals surface area contributed by atoms with Gasteiger partial charge in [-0.25, -0.2) is 0 Å². The average molecular weight is 477 g/mol. The quantitative estimate of drug-likeness (QED) is 0.337. The second-order valence-electron chi connectivity index (χ2n) is 6.06. The lowest BCUT2D eigenvalue weighted by atomic mass is 10.1. The number of rotatable bonds is 8. The summed E-state index contributed by atoms with van der Waals surface area (Å²) in [4.78, 5) is 4.76. The van der Waals surface area contributed by atoms with Crippen LogP contribution in [0, 0.1) is 0 Å². The zero-order valence-electron chi connectivity index (χ0n) is 15.6. The van der Waals surface area contributed by atoms with Crippen molar-refractivity contribution in [2.45, 2.75) is 50.8 Å². The molecule has 2 rings (SSSR count). The Labute approximate surface area is 174 Å². The van der Waals surface area contributed by atoms with Crippen molar-refractivity contribution < 1.29 is 4.74 Å². The predicted molar refractivity (Wildman–Crippen MR) is 121 cm³/mol. The van der Waals surface area contributed by atoms with Gasteiger partial charge in [-0.05, 0) is 57.4 Å².